The van der Waals surface area contributed by atoms with Crippen LogP contribution >= 0.6 is 11.3 Å². The molecule has 11 nitrogen and oxygen atoms in total. The van der Waals surface area contributed by atoms with Crippen LogP contribution in [0.15, 0.2) is 47.4 Å². The number of aromatic nitrogens is 1. The standard InChI is InChI=1S/C35H44FN3O8S2/c1-35(2,36)19-39(49(42,43)25-10-11-28-30(15-25)48-34(38-28)37-23-6-7-23)16-29(40)21(12-20-4-8-24(44-3)9-5-20)14-31(41)47-32-22-13-26-27(32)18-46-33(26)45-17-22/h4-5,8-11,15,21-23,26-27,29,32-33,40H,6-7,12-14,16-19H2,1-3H3,(H,37,38)/t21-,22?,26?,27?,29-,32?,33?/m1/s1. The van der Waals surface area contributed by atoms with E-state index in [1.165, 1.54) is 31.3 Å². The normalized spacial score (nSPS) is 26.2. The molecule has 2 bridgehead atoms. The number of rotatable bonds is 15. The summed E-state index contributed by atoms with van der Waals surface area (Å²) < 4.78 is 68.2. The van der Waals surface area contributed by atoms with Gasteiger partial charge in [0.05, 0.1) is 48.0 Å². The lowest BCUT2D eigenvalue weighted by Crippen LogP contribution is -2.46. The number of carbonyl (C=O) groups excluding carboxylic acids is 1. The molecule has 266 valence electrons. The Morgan fingerprint density at radius 1 is 1.16 bits per heavy atom. The second-order valence-corrected chi connectivity index (χ2v) is 17.4. The SMILES string of the molecule is COc1ccc(C[C@H](CC(=O)OC2C3COC4OCC2C4C3)[C@H](O)CN(CC(C)(C)F)S(=O)(=O)c2ccc3nc(NC4CC4)sc3c2)cc1. The number of esters is 1. The number of hydrogen-bond donors (Lipinski definition) is 2. The van der Waals surface area contributed by atoms with Crippen molar-refractivity contribution in [1.82, 2.24) is 9.29 Å². The number of ether oxygens (including phenoxy) is 4. The molecule has 2 saturated heterocycles. The van der Waals surface area contributed by atoms with E-state index < -0.39 is 46.8 Å². The van der Waals surface area contributed by atoms with Crippen molar-refractivity contribution in [2.24, 2.45) is 23.7 Å². The highest BCUT2D eigenvalue weighted by atomic mass is 32.2. The van der Waals surface area contributed by atoms with Crippen molar-refractivity contribution in [2.45, 2.75) is 81.1 Å². The van der Waals surface area contributed by atoms with E-state index in [-0.39, 0.29) is 47.9 Å². The van der Waals surface area contributed by atoms with Crippen LogP contribution in [0.2, 0.25) is 0 Å². The van der Waals surface area contributed by atoms with Gasteiger partial charge in [0.25, 0.3) is 0 Å². The second-order valence-electron chi connectivity index (χ2n) is 14.5. The Labute approximate surface area is 290 Å². The summed E-state index contributed by atoms with van der Waals surface area (Å²) in [5, 5.41) is 15.8. The molecule has 2 N–H and O–H groups in total. The molecule has 0 spiro atoms. The van der Waals surface area contributed by atoms with Gasteiger partial charge in [-0.25, -0.2) is 17.8 Å². The topological polar surface area (TPSA) is 137 Å². The highest BCUT2D eigenvalue weighted by Gasteiger charge is 2.56. The zero-order chi connectivity index (χ0) is 34.5. The van der Waals surface area contributed by atoms with E-state index >= 15 is 4.39 Å². The van der Waals surface area contributed by atoms with E-state index in [4.69, 9.17) is 18.9 Å². The minimum absolute atomic E-state index is 0.0177. The van der Waals surface area contributed by atoms with E-state index in [2.05, 4.69) is 10.3 Å². The van der Waals surface area contributed by atoms with E-state index in [0.29, 0.717) is 35.2 Å². The van der Waals surface area contributed by atoms with Crippen molar-refractivity contribution in [2.75, 3.05) is 38.7 Å². The molecule has 5 unspecified atom stereocenters. The van der Waals surface area contributed by atoms with Crippen molar-refractivity contribution in [3.05, 3.63) is 48.0 Å². The molecular formula is C35H44FN3O8S2. The average Bonchev–Trinajstić information content (AvgIpc) is 3.51. The third-order valence-electron chi connectivity index (χ3n) is 10.0. The molecule has 3 heterocycles. The van der Waals surface area contributed by atoms with Crippen LogP contribution < -0.4 is 10.1 Å². The molecule has 2 aliphatic carbocycles. The Kier molecular flexibility index (Phi) is 9.65. The Morgan fingerprint density at radius 2 is 1.92 bits per heavy atom. The maximum absolute atomic E-state index is 15.2. The number of anilines is 1. The number of benzene rings is 2. The lowest BCUT2D eigenvalue weighted by molar-refractivity contribution is -0.178. The highest BCUT2D eigenvalue weighted by molar-refractivity contribution is 7.89. The molecule has 7 rings (SSSR count). The number of thiazole rings is 1. The number of hydrogen-bond acceptors (Lipinski definition) is 11. The lowest BCUT2D eigenvalue weighted by Gasteiger charge is -2.32. The molecule has 2 saturated carbocycles. The summed E-state index contributed by atoms with van der Waals surface area (Å²) in [5.41, 5.74) is -0.419. The van der Waals surface area contributed by atoms with Gasteiger partial charge in [-0.2, -0.15) is 4.31 Å². The van der Waals surface area contributed by atoms with Crippen molar-refractivity contribution in [3.63, 3.8) is 0 Å². The first-order valence-electron chi connectivity index (χ1n) is 17.0. The van der Waals surface area contributed by atoms with Crippen LogP contribution in [0.3, 0.4) is 0 Å². The van der Waals surface area contributed by atoms with Crippen LogP contribution in [-0.2, 0) is 35.4 Å². The molecular weight excluding hydrogens is 674 g/mol. The quantitative estimate of drug-likeness (QED) is 0.212. The third-order valence-corrected chi connectivity index (χ3v) is 12.8. The Balaban J connectivity index is 1.12. The summed E-state index contributed by atoms with van der Waals surface area (Å²) in [6.07, 6.45) is 1.22. The maximum Gasteiger partial charge on any atom is 0.306 e. The average molecular weight is 718 g/mol. The number of aliphatic hydroxyl groups excluding tert-OH is 1. The molecule has 7 atom stereocenters. The minimum atomic E-state index is -4.27. The number of methoxy groups -OCH3 is 1. The van der Waals surface area contributed by atoms with Crippen LogP contribution in [0.1, 0.15) is 45.1 Å². The minimum Gasteiger partial charge on any atom is -0.497 e. The summed E-state index contributed by atoms with van der Waals surface area (Å²) >= 11 is 1.37. The maximum atomic E-state index is 15.2. The first-order valence-corrected chi connectivity index (χ1v) is 19.2. The zero-order valence-corrected chi connectivity index (χ0v) is 29.6. The fraction of sp³-hybridized carbons (Fsp3) is 0.600. The van der Waals surface area contributed by atoms with Gasteiger partial charge in [-0.3, -0.25) is 4.79 Å². The number of nitrogens with one attached hydrogen (secondary N) is 1. The fourth-order valence-corrected chi connectivity index (χ4v) is 10.1. The molecule has 4 aliphatic rings. The van der Waals surface area contributed by atoms with Gasteiger partial charge in [-0.1, -0.05) is 23.5 Å². The van der Waals surface area contributed by atoms with Crippen LogP contribution in [0, 0.1) is 23.7 Å². The highest BCUT2D eigenvalue weighted by Crippen LogP contribution is 2.49. The van der Waals surface area contributed by atoms with Crippen molar-refractivity contribution in [3.8, 4) is 5.75 Å². The third kappa shape index (κ3) is 7.74. The van der Waals surface area contributed by atoms with Gasteiger partial charge < -0.3 is 29.4 Å². The summed E-state index contributed by atoms with van der Waals surface area (Å²) in [6.45, 7) is 2.63. The summed E-state index contributed by atoms with van der Waals surface area (Å²) in [4.78, 5) is 18.1. The van der Waals surface area contributed by atoms with Crippen LogP contribution in [0.25, 0.3) is 10.2 Å². The number of sulfonamides is 1. The number of halogens is 1. The number of fused-ring (bicyclic) bond motifs is 2. The van der Waals surface area contributed by atoms with Crippen molar-refractivity contribution < 1.29 is 41.7 Å². The first-order chi connectivity index (χ1) is 23.4. The molecule has 1 aromatic heterocycles. The Morgan fingerprint density at radius 3 is 2.63 bits per heavy atom. The molecule has 14 heteroatoms. The van der Waals surface area contributed by atoms with Gasteiger partial charge in [0.15, 0.2) is 11.4 Å². The van der Waals surface area contributed by atoms with E-state index in [1.54, 1.807) is 31.4 Å². The molecule has 4 fully saturated rings. The number of nitrogens with zero attached hydrogens (tertiary/aromatic N) is 2. The van der Waals surface area contributed by atoms with Gasteiger partial charge in [0.1, 0.15) is 17.5 Å². The van der Waals surface area contributed by atoms with E-state index in [0.717, 1.165) is 34.3 Å². The smallest absolute Gasteiger partial charge is 0.306 e. The second kappa shape index (κ2) is 13.7. The fourth-order valence-electron chi connectivity index (χ4n) is 7.38. The molecule has 2 aromatic carbocycles. The van der Waals surface area contributed by atoms with E-state index in [9.17, 15) is 18.3 Å². The zero-order valence-electron chi connectivity index (χ0n) is 27.9. The number of alkyl halides is 1. The van der Waals surface area contributed by atoms with Gasteiger partial charge in [0, 0.05) is 42.8 Å². The van der Waals surface area contributed by atoms with Crippen LogP contribution in [0.5, 0.6) is 5.75 Å². The number of carbonyl (C=O) groups is 1. The number of aliphatic hydroxyl groups is 1. The summed E-state index contributed by atoms with van der Waals surface area (Å²) in [6, 6.07) is 12.3. The lowest BCUT2D eigenvalue weighted by atomic mass is 9.90. The van der Waals surface area contributed by atoms with Crippen molar-refractivity contribution in [1.29, 1.82) is 0 Å². The van der Waals surface area contributed by atoms with Crippen LogP contribution in [0.4, 0.5) is 9.52 Å². The molecule has 3 aromatic rings. The van der Waals surface area contributed by atoms with Gasteiger partial charge >= 0.3 is 5.97 Å². The molecule has 0 radical (unpaired) electrons. The van der Waals surface area contributed by atoms with E-state index in [1.807, 2.05) is 12.1 Å². The molecule has 49 heavy (non-hydrogen) atoms. The van der Waals surface area contributed by atoms with Gasteiger partial charge in [-0.05, 0) is 75.4 Å². The Bertz CT molecular complexity index is 1760. The summed E-state index contributed by atoms with van der Waals surface area (Å²) in [5.74, 6) is -0.202. The molecule has 0 amide bonds. The predicted molar refractivity (Wildman–Crippen MR) is 182 cm³/mol. The van der Waals surface area contributed by atoms with Crippen molar-refractivity contribution >= 4 is 42.7 Å². The van der Waals surface area contributed by atoms with Crippen LogP contribution in [-0.4, -0.2) is 92.4 Å². The monoisotopic (exact) mass is 717 g/mol. The largest absolute Gasteiger partial charge is 0.497 e. The van der Waals surface area contributed by atoms with Gasteiger partial charge in [0.2, 0.25) is 10.0 Å². The molecule has 2 aliphatic heterocycles. The predicted octanol–water partition coefficient (Wildman–Crippen LogP) is 4.78. The first kappa shape index (κ1) is 34.6. The Hall–Kier alpha value is -2.88. The van der Waals surface area contributed by atoms with Gasteiger partial charge in [-0.15, -0.1) is 0 Å². The summed E-state index contributed by atoms with van der Waals surface area (Å²) in [7, 11) is -2.70.